The first-order valence-electron chi connectivity index (χ1n) is 15.1. The van der Waals surface area contributed by atoms with Crippen molar-refractivity contribution in [2.75, 3.05) is 0 Å². The second kappa shape index (κ2) is 14.5. The molecule has 0 N–H and O–H groups in total. The summed E-state index contributed by atoms with van der Waals surface area (Å²) in [7, 11) is 0. The number of benzene rings is 4. The molecular weight excluding hydrogens is 584 g/mol. The second-order valence-corrected chi connectivity index (χ2v) is 15.0. The van der Waals surface area contributed by atoms with Gasteiger partial charge in [-0.15, -0.1) is 17.5 Å². The molecule has 0 aromatic heterocycles. The van der Waals surface area contributed by atoms with Crippen LogP contribution >= 0.6 is 0 Å². The number of hydrogen-bond donors (Lipinski definition) is 0. The van der Waals surface area contributed by atoms with Crippen molar-refractivity contribution in [2.24, 2.45) is 0 Å². The van der Waals surface area contributed by atoms with Gasteiger partial charge in [-0.1, -0.05) is 65.3 Å². The third-order valence-electron chi connectivity index (χ3n) is 7.57. The molecule has 2 aliphatic carbocycles. The van der Waals surface area contributed by atoms with E-state index in [0.717, 1.165) is 25.7 Å². The van der Waals surface area contributed by atoms with Crippen molar-refractivity contribution in [3.05, 3.63) is 155 Å². The van der Waals surface area contributed by atoms with Gasteiger partial charge in [0.1, 0.15) is 0 Å². The molecule has 0 spiro atoms. The first-order valence-corrected chi connectivity index (χ1v) is 16.3. The zero-order chi connectivity index (χ0) is 30.2. The summed E-state index contributed by atoms with van der Waals surface area (Å²) in [5.74, 6) is 0. The molecule has 0 saturated carbocycles. The predicted molar refractivity (Wildman–Crippen MR) is 178 cm³/mol. The van der Waals surface area contributed by atoms with Gasteiger partial charge in [0, 0.05) is 0 Å². The molecule has 0 atom stereocenters. The summed E-state index contributed by atoms with van der Waals surface area (Å²) in [5, 5.41) is 0. The third-order valence-corrected chi connectivity index (χ3v) is 8.44. The summed E-state index contributed by atoms with van der Waals surface area (Å²) in [6.45, 7) is 13.6. The SMILES string of the molecule is CC(C)(C)c1[c-]c2c(cc1)-c1ccc(C(C)(C)C)cc1C2.[C-]1=CC=CC1.[Zr+2]=[C](Cc1ccccc1)Cc1ccccc1. The van der Waals surface area contributed by atoms with Gasteiger partial charge >= 0.3 is 112 Å². The Hall–Kier alpha value is -2.89. The second-order valence-electron chi connectivity index (χ2n) is 13.2. The molecule has 6 rings (SSSR count). The Labute approximate surface area is 269 Å². The topological polar surface area (TPSA) is 0 Å². The van der Waals surface area contributed by atoms with Crippen LogP contribution in [-0.4, -0.2) is 3.21 Å². The molecule has 0 saturated heterocycles. The zero-order valence-electron chi connectivity index (χ0n) is 26.2. The summed E-state index contributed by atoms with van der Waals surface area (Å²) in [6.07, 6.45) is 13.3. The van der Waals surface area contributed by atoms with E-state index in [-0.39, 0.29) is 10.8 Å². The summed E-state index contributed by atoms with van der Waals surface area (Å²) < 4.78 is 1.60. The van der Waals surface area contributed by atoms with Gasteiger partial charge in [0.05, 0.1) is 0 Å². The summed E-state index contributed by atoms with van der Waals surface area (Å²) >= 11 is 1.55. The zero-order valence-corrected chi connectivity index (χ0v) is 28.7. The average Bonchev–Trinajstić information content (AvgIpc) is 3.65. The minimum atomic E-state index is 0.167. The third kappa shape index (κ3) is 9.31. The maximum atomic E-state index is 3.67. The van der Waals surface area contributed by atoms with Crippen LogP contribution < -0.4 is 0 Å². The van der Waals surface area contributed by atoms with E-state index < -0.39 is 0 Å². The van der Waals surface area contributed by atoms with Crippen molar-refractivity contribution >= 4 is 3.21 Å². The standard InChI is InChI=1S/C21H25.C15H14.C5H5.Zr/c1-20(2,3)16-7-9-18-14(12-16)11-15-13-17(21(4,5)6)8-10-19(15)18;1-3-8-14(9-4-1)12-7-13-15-10-5-2-6-11-15;1-2-4-5-3-1;/h7-10,12H,11H2,1-6H3;1-6,8-11H,12-13H2;1-3H,4H2;/q-1;;-1;+2. The van der Waals surface area contributed by atoms with Crippen molar-refractivity contribution in [2.45, 2.75) is 78.1 Å². The van der Waals surface area contributed by atoms with E-state index in [2.05, 4.69) is 151 Å². The molecule has 0 nitrogen and oxygen atoms in total. The Morgan fingerprint density at radius 1 is 0.714 bits per heavy atom. The van der Waals surface area contributed by atoms with Crippen LogP contribution in [0.3, 0.4) is 0 Å². The van der Waals surface area contributed by atoms with Gasteiger partial charge in [-0.05, 0) is 28.4 Å². The van der Waals surface area contributed by atoms with E-state index in [9.17, 15) is 0 Å². The Morgan fingerprint density at radius 3 is 1.79 bits per heavy atom. The Balaban J connectivity index is 0.000000170. The normalized spacial score (nSPS) is 13.0. The first-order chi connectivity index (χ1) is 20.0. The van der Waals surface area contributed by atoms with Crippen molar-refractivity contribution < 1.29 is 24.2 Å². The van der Waals surface area contributed by atoms with Gasteiger partial charge < -0.3 is 0 Å². The van der Waals surface area contributed by atoms with Crippen LogP contribution in [0.15, 0.2) is 109 Å². The molecule has 0 aliphatic heterocycles. The molecule has 0 unspecified atom stereocenters. The van der Waals surface area contributed by atoms with Crippen LogP contribution in [0.5, 0.6) is 0 Å². The van der Waals surface area contributed by atoms with E-state index in [0.29, 0.717) is 0 Å². The van der Waals surface area contributed by atoms with Crippen LogP contribution in [0.2, 0.25) is 0 Å². The maximum absolute atomic E-state index is 3.67. The molecule has 0 fully saturated rings. The fourth-order valence-electron chi connectivity index (χ4n) is 5.11. The van der Waals surface area contributed by atoms with Crippen LogP contribution in [-0.2, 0) is 54.3 Å². The molecule has 4 aromatic rings. The minimum absolute atomic E-state index is 0.167. The molecule has 212 valence electrons. The first kappa shape index (κ1) is 32.0. The summed E-state index contributed by atoms with van der Waals surface area (Å²) in [6, 6.07) is 36.6. The Morgan fingerprint density at radius 2 is 1.31 bits per heavy atom. The van der Waals surface area contributed by atoms with Crippen LogP contribution in [0.1, 0.15) is 81.3 Å². The average molecular weight is 628 g/mol. The quantitative estimate of drug-likeness (QED) is 0.174. The van der Waals surface area contributed by atoms with Crippen molar-refractivity contribution in [3.63, 3.8) is 0 Å². The van der Waals surface area contributed by atoms with Crippen molar-refractivity contribution in [1.29, 1.82) is 0 Å². The van der Waals surface area contributed by atoms with Gasteiger partial charge in [-0.25, -0.2) is 12.2 Å². The van der Waals surface area contributed by atoms with E-state index >= 15 is 0 Å². The molecule has 2 aliphatic rings. The molecule has 0 amide bonds. The number of hydrogen-bond acceptors (Lipinski definition) is 0. The van der Waals surface area contributed by atoms with E-state index in [4.69, 9.17) is 0 Å². The summed E-state index contributed by atoms with van der Waals surface area (Å²) in [5.41, 5.74) is 11.5. The Kier molecular flexibility index (Phi) is 11.1. The van der Waals surface area contributed by atoms with Crippen LogP contribution in [0.25, 0.3) is 11.1 Å². The van der Waals surface area contributed by atoms with Gasteiger partial charge in [0.2, 0.25) is 0 Å². The van der Waals surface area contributed by atoms with Gasteiger partial charge in [0.15, 0.2) is 0 Å². The van der Waals surface area contributed by atoms with Crippen LogP contribution in [0.4, 0.5) is 0 Å². The molecular formula is C41H44Zr. The van der Waals surface area contributed by atoms with Crippen molar-refractivity contribution in [1.82, 2.24) is 0 Å². The summed E-state index contributed by atoms with van der Waals surface area (Å²) in [4.78, 5) is 0. The fourth-order valence-corrected chi connectivity index (χ4v) is 6.12. The van der Waals surface area contributed by atoms with Crippen LogP contribution in [0, 0.1) is 12.1 Å². The molecule has 1 heteroatoms. The van der Waals surface area contributed by atoms with E-state index in [1.807, 2.05) is 12.2 Å². The molecule has 0 bridgehead atoms. The van der Waals surface area contributed by atoms with E-state index in [1.54, 1.807) is 27.4 Å². The van der Waals surface area contributed by atoms with E-state index in [1.165, 1.54) is 44.5 Å². The fraction of sp³-hybridized carbons (Fsp3) is 0.293. The molecule has 0 heterocycles. The number of fused-ring (bicyclic) bond motifs is 3. The number of allylic oxidation sites excluding steroid dienone is 4. The van der Waals surface area contributed by atoms with Crippen molar-refractivity contribution in [3.8, 4) is 11.1 Å². The van der Waals surface area contributed by atoms with Gasteiger partial charge in [0.25, 0.3) is 0 Å². The predicted octanol–water partition coefficient (Wildman–Crippen LogP) is 10.1. The van der Waals surface area contributed by atoms with Gasteiger partial charge in [-0.2, -0.15) is 29.8 Å². The number of rotatable bonds is 4. The molecule has 42 heavy (non-hydrogen) atoms. The molecule has 0 radical (unpaired) electrons. The Bertz CT molecular complexity index is 1410. The van der Waals surface area contributed by atoms with Gasteiger partial charge in [-0.3, -0.25) is 6.08 Å². The monoisotopic (exact) mass is 626 g/mol. The molecule has 4 aromatic carbocycles.